The molecule has 0 atom stereocenters. The van der Waals surface area contributed by atoms with Crippen LogP contribution >= 0.6 is 11.3 Å². The Kier molecular flexibility index (Phi) is 7.13. The summed E-state index contributed by atoms with van der Waals surface area (Å²) in [6.07, 6.45) is 1.12. The minimum Gasteiger partial charge on any atom is -0.462 e. The summed E-state index contributed by atoms with van der Waals surface area (Å²) < 4.78 is 36.3. The highest BCUT2D eigenvalue weighted by molar-refractivity contribution is 7.92. The Bertz CT molecular complexity index is 565. The normalized spacial score (nSPS) is 11.4. The van der Waals surface area contributed by atoms with Gasteiger partial charge in [0.2, 0.25) is 10.0 Å². The highest BCUT2D eigenvalue weighted by Gasteiger charge is 2.20. The Morgan fingerprint density at radius 2 is 2.10 bits per heavy atom. The molecule has 0 spiro atoms. The van der Waals surface area contributed by atoms with Crippen molar-refractivity contribution in [1.82, 2.24) is 0 Å². The summed E-state index contributed by atoms with van der Waals surface area (Å²) >= 11 is 1.26. The van der Waals surface area contributed by atoms with Crippen molar-refractivity contribution in [3.8, 4) is 0 Å². The summed E-state index contributed by atoms with van der Waals surface area (Å²) in [6.45, 7) is 4.27. The second-order valence-corrected chi connectivity index (χ2v) is 7.28. The van der Waals surface area contributed by atoms with E-state index in [1.807, 2.05) is 6.92 Å². The van der Waals surface area contributed by atoms with Crippen molar-refractivity contribution in [3.63, 3.8) is 0 Å². The number of rotatable bonds is 9. The monoisotopic (exact) mass is 335 g/mol. The third kappa shape index (κ3) is 5.64. The van der Waals surface area contributed by atoms with Crippen molar-refractivity contribution in [1.29, 1.82) is 0 Å². The van der Waals surface area contributed by atoms with E-state index >= 15 is 0 Å². The third-order valence-corrected chi connectivity index (χ3v) is 5.30. The molecule has 0 saturated carbocycles. The van der Waals surface area contributed by atoms with Crippen molar-refractivity contribution >= 4 is 32.3 Å². The van der Waals surface area contributed by atoms with Crippen LogP contribution in [0.4, 0.5) is 5.00 Å². The summed E-state index contributed by atoms with van der Waals surface area (Å²) in [4.78, 5) is 12.8. The number of ether oxygens (including phenoxy) is 2. The zero-order valence-corrected chi connectivity index (χ0v) is 14.1. The molecule has 0 bridgehead atoms. The maximum Gasteiger partial charge on any atom is 0.341 e. The van der Waals surface area contributed by atoms with Crippen molar-refractivity contribution in [2.75, 3.05) is 30.8 Å². The highest BCUT2D eigenvalue weighted by atomic mass is 32.2. The summed E-state index contributed by atoms with van der Waals surface area (Å²) in [7, 11) is -1.98. The average molecular weight is 335 g/mol. The van der Waals surface area contributed by atoms with Crippen LogP contribution in [-0.4, -0.2) is 40.5 Å². The topological polar surface area (TPSA) is 81.7 Å². The maximum absolute atomic E-state index is 12.0. The lowest BCUT2D eigenvalue weighted by Gasteiger charge is -2.08. The lowest BCUT2D eigenvalue weighted by Crippen LogP contribution is -2.18. The van der Waals surface area contributed by atoms with Gasteiger partial charge in [0.05, 0.1) is 17.9 Å². The smallest absolute Gasteiger partial charge is 0.341 e. The first-order valence-corrected chi connectivity index (χ1v) is 9.19. The van der Waals surface area contributed by atoms with Crippen LogP contribution in [0.15, 0.2) is 6.07 Å². The molecule has 0 aliphatic rings. The minimum atomic E-state index is -3.50. The Morgan fingerprint density at radius 1 is 1.38 bits per heavy atom. The van der Waals surface area contributed by atoms with Crippen LogP contribution in [0.2, 0.25) is 0 Å². The Morgan fingerprint density at radius 3 is 2.67 bits per heavy atom. The highest BCUT2D eigenvalue weighted by Crippen LogP contribution is 2.30. The Labute approximate surface area is 129 Å². The van der Waals surface area contributed by atoms with Gasteiger partial charge in [-0.25, -0.2) is 13.2 Å². The van der Waals surface area contributed by atoms with Gasteiger partial charge in [0.1, 0.15) is 5.00 Å². The second kappa shape index (κ2) is 8.35. The van der Waals surface area contributed by atoms with Crippen LogP contribution in [-0.2, 0) is 25.9 Å². The molecule has 1 aromatic heterocycles. The van der Waals surface area contributed by atoms with Gasteiger partial charge in [-0.15, -0.1) is 11.3 Å². The van der Waals surface area contributed by atoms with E-state index in [-0.39, 0.29) is 17.9 Å². The standard InChI is InChI=1S/C13H21NO5S2/c1-4-10-9-11(13(15)19-5-2)12(20-10)14-21(16,17)8-6-7-18-3/h9,14H,4-8H2,1-3H3. The molecule has 0 amide bonds. The molecule has 1 heterocycles. The quantitative estimate of drug-likeness (QED) is 0.553. The fraction of sp³-hybridized carbons (Fsp3) is 0.615. The van der Waals surface area contributed by atoms with Crippen LogP contribution in [0.3, 0.4) is 0 Å². The molecule has 0 aliphatic heterocycles. The van der Waals surface area contributed by atoms with Crippen LogP contribution < -0.4 is 4.72 Å². The second-order valence-electron chi connectivity index (χ2n) is 4.30. The van der Waals surface area contributed by atoms with Gasteiger partial charge >= 0.3 is 5.97 Å². The fourth-order valence-electron chi connectivity index (χ4n) is 1.64. The summed E-state index contributed by atoms with van der Waals surface area (Å²) in [6, 6.07) is 1.68. The predicted molar refractivity (Wildman–Crippen MR) is 83.6 cm³/mol. The first kappa shape index (κ1) is 17.9. The molecule has 21 heavy (non-hydrogen) atoms. The molecule has 6 nitrogen and oxygen atoms in total. The molecule has 0 saturated heterocycles. The number of methoxy groups -OCH3 is 1. The molecule has 1 rings (SSSR count). The number of anilines is 1. The summed E-state index contributed by atoms with van der Waals surface area (Å²) in [5, 5.41) is 0.322. The summed E-state index contributed by atoms with van der Waals surface area (Å²) in [5.41, 5.74) is 0.272. The molecule has 0 unspecified atom stereocenters. The van der Waals surface area contributed by atoms with Gasteiger partial charge in [-0.05, 0) is 25.8 Å². The third-order valence-electron chi connectivity index (χ3n) is 2.64. The number of nitrogens with one attached hydrogen (secondary N) is 1. The van der Waals surface area contributed by atoms with Gasteiger partial charge in [-0.1, -0.05) is 6.92 Å². The summed E-state index contributed by atoms with van der Waals surface area (Å²) in [5.74, 6) is -0.564. The number of aryl methyl sites for hydroxylation is 1. The Balaban J connectivity index is 2.90. The molecule has 0 radical (unpaired) electrons. The van der Waals surface area contributed by atoms with Crippen molar-refractivity contribution in [2.24, 2.45) is 0 Å². The minimum absolute atomic E-state index is 0.0531. The van der Waals surface area contributed by atoms with E-state index in [4.69, 9.17) is 9.47 Å². The number of hydrogen-bond donors (Lipinski definition) is 1. The average Bonchev–Trinajstić information content (AvgIpc) is 2.81. The lowest BCUT2D eigenvalue weighted by molar-refractivity contribution is 0.0528. The van der Waals surface area contributed by atoms with Gasteiger partial charge in [0.15, 0.2) is 0 Å². The van der Waals surface area contributed by atoms with E-state index in [9.17, 15) is 13.2 Å². The van der Waals surface area contributed by atoms with E-state index in [2.05, 4.69) is 4.72 Å². The SMILES string of the molecule is CCOC(=O)c1cc(CC)sc1NS(=O)(=O)CCCOC. The molecular formula is C13H21NO5S2. The van der Waals surface area contributed by atoms with E-state index in [0.717, 1.165) is 11.3 Å². The number of esters is 1. The maximum atomic E-state index is 12.0. The van der Waals surface area contributed by atoms with E-state index in [0.29, 0.717) is 18.0 Å². The lowest BCUT2D eigenvalue weighted by atomic mass is 10.2. The van der Waals surface area contributed by atoms with Crippen LogP contribution in [0, 0.1) is 0 Å². The zero-order valence-electron chi connectivity index (χ0n) is 12.5. The van der Waals surface area contributed by atoms with Crippen molar-refractivity contribution in [3.05, 3.63) is 16.5 Å². The zero-order chi connectivity index (χ0) is 15.9. The molecule has 1 N–H and O–H groups in total. The first-order valence-electron chi connectivity index (χ1n) is 6.72. The van der Waals surface area contributed by atoms with E-state index < -0.39 is 16.0 Å². The first-order chi connectivity index (χ1) is 9.93. The molecule has 120 valence electrons. The van der Waals surface area contributed by atoms with Gasteiger partial charge in [0.25, 0.3) is 0 Å². The van der Waals surface area contributed by atoms with Gasteiger partial charge < -0.3 is 9.47 Å². The number of sulfonamides is 1. The van der Waals surface area contributed by atoms with Gasteiger partial charge in [0, 0.05) is 18.6 Å². The van der Waals surface area contributed by atoms with Crippen molar-refractivity contribution < 1.29 is 22.7 Å². The van der Waals surface area contributed by atoms with Gasteiger partial charge in [-0.2, -0.15) is 0 Å². The number of carbonyl (C=O) groups excluding carboxylic acids is 1. The molecule has 0 aliphatic carbocycles. The fourth-order valence-corrected chi connectivity index (χ4v) is 4.01. The largest absolute Gasteiger partial charge is 0.462 e. The molecular weight excluding hydrogens is 314 g/mol. The number of carbonyl (C=O) groups is 1. The molecule has 0 aromatic carbocycles. The van der Waals surface area contributed by atoms with Gasteiger partial charge in [-0.3, -0.25) is 4.72 Å². The Hall–Kier alpha value is -1.12. The number of hydrogen-bond acceptors (Lipinski definition) is 6. The molecule has 1 aromatic rings. The van der Waals surface area contributed by atoms with Crippen molar-refractivity contribution in [2.45, 2.75) is 26.7 Å². The van der Waals surface area contributed by atoms with Crippen LogP contribution in [0.1, 0.15) is 35.5 Å². The van der Waals surface area contributed by atoms with Crippen LogP contribution in [0.25, 0.3) is 0 Å². The van der Waals surface area contributed by atoms with E-state index in [1.165, 1.54) is 18.4 Å². The predicted octanol–water partition coefficient (Wildman–Crippen LogP) is 2.27. The van der Waals surface area contributed by atoms with Crippen LogP contribution in [0.5, 0.6) is 0 Å². The molecule has 0 fully saturated rings. The van der Waals surface area contributed by atoms with E-state index in [1.54, 1.807) is 13.0 Å². The molecule has 8 heteroatoms. The number of thiophene rings is 1.